The molecule has 2 aromatic heterocycles. The first-order valence-electron chi connectivity index (χ1n) is 10.5. The Hall–Kier alpha value is -3.32. The number of pyridine rings is 1. The molecule has 1 aliphatic carbocycles. The van der Waals surface area contributed by atoms with Crippen LogP contribution in [0.5, 0.6) is 0 Å². The van der Waals surface area contributed by atoms with Crippen molar-refractivity contribution in [3.8, 4) is 6.07 Å². The summed E-state index contributed by atoms with van der Waals surface area (Å²) in [4.78, 5) is 15.2. The number of H-pyrrole nitrogens is 1. The van der Waals surface area contributed by atoms with Crippen LogP contribution in [0.25, 0.3) is 10.9 Å². The molecular weight excluding hydrogens is 421 g/mol. The highest BCUT2D eigenvalue weighted by atomic mass is 19.4. The molecule has 1 saturated carbocycles. The molecule has 0 saturated heterocycles. The van der Waals surface area contributed by atoms with Crippen molar-refractivity contribution in [3.63, 3.8) is 0 Å². The topological polar surface area (TPSA) is 98.5 Å². The minimum Gasteiger partial charge on any atom is -0.338 e. The monoisotopic (exact) mass is 444 g/mol. The molecule has 10 heteroatoms. The first-order chi connectivity index (χ1) is 15.3. The third-order valence-electron chi connectivity index (χ3n) is 5.83. The zero-order valence-corrected chi connectivity index (χ0v) is 17.4. The molecule has 168 valence electrons. The quantitative estimate of drug-likeness (QED) is 0.518. The van der Waals surface area contributed by atoms with Crippen LogP contribution in [0.1, 0.15) is 43.8 Å². The number of anilines is 2. The van der Waals surface area contributed by atoms with E-state index in [2.05, 4.69) is 26.8 Å². The second-order valence-electron chi connectivity index (χ2n) is 7.87. The minimum absolute atomic E-state index is 0.0981. The average Bonchev–Trinajstić information content (AvgIpc) is 3.37. The maximum Gasteiger partial charge on any atom is 0.407 e. The average molecular weight is 444 g/mol. The molecular formula is C22H23F3N6O. The van der Waals surface area contributed by atoms with Crippen molar-refractivity contribution in [1.82, 2.24) is 20.1 Å². The predicted octanol–water partition coefficient (Wildman–Crippen LogP) is 4.55. The molecule has 0 aliphatic heterocycles. The zero-order chi connectivity index (χ0) is 22.9. The number of aromatic amines is 1. The smallest absolute Gasteiger partial charge is 0.338 e. The molecule has 0 amide bonds. The van der Waals surface area contributed by atoms with E-state index in [9.17, 15) is 23.2 Å². The summed E-state index contributed by atoms with van der Waals surface area (Å²) in [6.07, 6.45) is -0.396. The van der Waals surface area contributed by atoms with Crippen LogP contribution in [0.3, 0.4) is 0 Å². The molecule has 3 aromatic rings. The van der Waals surface area contributed by atoms with Crippen molar-refractivity contribution in [1.29, 1.82) is 5.26 Å². The number of halogens is 3. The number of fused-ring (bicyclic) bond motifs is 1. The molecule has 0 bridgehead atoms. The Bertz CT molecular complexity index is 1190. The van der Waals surface area contributed by atoms with Crippen LogP contribution >= 0.6 is 0 Å². The molecule has 0 radical (unpaired) electrons. The first kappa shape index (κ1) is 21.9. The largest absolute Gasteiger partial charge is 0.407 e. The molecule has 1 aromatic carbocycles. The number of nitrogens with one attached hydrogen (secondary N) is 3. The molecule has 1 fully saturated rings. The molecule has 2 heterocycles. The van der Waals surface area contributed by atoms with Gasteiger partial charge in [-0.15, -0.1) is 0 Å². The third-order valence-corrected chi connectivity index (χ3v) is 5.83. The van der Waals surface area contributed by atoms with Crippen molar-refractivity contribution >= 4 is 22.4 Å². The number of benzene rings is 1. The van der Waals surface area contributed by atoms with Crippen molar-refractivity contribution in [2.45, 2.75) is 44.4 Å². The second kappa shape index (κ2) is 8.67. The van der Waals surface area contributed by atoms with E-state index in [1.54, 1.807) is 17.7 Å². The van der Waals surface area contributed by atoms with Crippen molar-refractivity contribution in [2.75, 3.05) is 11.9 Å². The van der Waals surface area contributed by atoms with Gasteiger partial charge in [0.05, 0.1) is 23.5 Å². The number of alkyl halides is 3. The van der Waals surface area contributed by atoms with Crippen LogP contribution in [0.4, 0.5) is 24.7 Å². The lowest BCUT2D eigenvalue weighted by Crippen LogP contribution is -2.33. The summed E-state index contributed by atoms with van der Waals surface area (Å²) in [5, 5.41) is 19.9. The van der Waals surface area contributed by atoms with Gasteiger partial charge in [-0.2, -0.15) is 23.5 Å². The zero-order valence-electron chi connectivity index (χ0n) is 17.4. The van der Waals surface area contributed by atoms with Crippen LogP contribution in [-0.4, -0.2) is 27.5 Å². The van der Waals surface area contributed by atoms with Gasteiger partial charge in [-0.1, -0.05) is 19.1 Å². The second-order valence-corrected chi connectivity index (χ2v) is 7.87. The summed E-state index contributed by atoms with van der Waals surface area (Å²) in [6.45, 7) is 1.80. The number of nitriles is 1. The molecule has 3 unspecified atom stereocenters. The van der Waals surface area contributed by atoms with Gasteiger partial charge in [-0.3, -0.25) is 9.48 Å². The Balaban J connectivity index is 1.68. The molecule has 32 heavy (non-hydrogen) atoms. The minimum atomic E-state index is -4.41. The van der Waals surface area contributed by atoms with Crippen molar-refractivity contribution < 1.29 is 13.2 Å². The maximum absolute atomic E-state index is 13.3. The van der Waals surface area contributed by atoms with Gasteiger partial charge in [0, 0.05) is 11.9 Å². The lowest BCUT2D eigenvalue weighted by molar-refractivity contribution is -0.157. The van der Waals surface area contributed by atoms with Gasteiger partial charge < -0.3 is 15.6 Å². The summed E-state index contributed by atoms with van der Waals surface area (Å²) >= 11 is 0. The van der Waals surface area contributed by atoms with E-state index >= 15 is 0 Å². The standard InChI is InChI=1S/C22H23F3N6O/c1-2-27-19(22(23,24)25)13-6-8-15(9-7-13)29-20-18-17(10-11-28-21(18)32)31(30-20)16-5-3-4-14(16)12-26/h6-11,14,16,19,27H,2-5H2,1H3,(H,28,32)(H,29,30). The maximum atomic E-state index is 13.3. The lowest BCUT2D eigenvalue weighted by atomic mass is 10.1. The lowest BCUT2D eigenvalue weighted by Gasteiger charge is -2.21. The fraction of sp³-hybridized carbons (Fsp3) is 0.409. The number of aromatic nitrogens is 3. The van der Waals surface area contributed by atoms with Crippen molar-refractivity contribution in [2.24, 2.45) is 5.92 Å². The highest BCUT2D eigenvalue weighted by Gasteiger charge is 2.40. The van der Waals surface area contributed by atoms with Gasteiger partial charge >= 0.3 is 6.18 Å². The van der Waals surface area contributed by atoms with Crippen LogP contribution in [0.2, 0.25) is 0 Å². The highest BCUT2D eigenvalue weighted by molar-refractivity contribution is 5.91. The van der Waals surface area contributed by atoms with E-state index in [-0.39, 0.29) is 29.6 Å². The van der Waals surface area contributed by atoms with Crippen LogP contribution in [0, 0.1) is 17.2 Å². The fourth-order valence-corrected chi connectivity index (χ4v) is 4.35. The van der Waals surface area contributed by atoms with Gasteiger partial charge in [0.15, 0.2) is 5.82 Å². The van der Waals surface area contributed by atoms with Gasteiger partial charge in [-0.25, -0.2) is 0 Å². The Kier molecular flexibility index (Phi) is 5.93. The number of hydrogen-bond acceptors (Lipinski definition) is 5. The van der Waals surface area contributed by atoms with Crippen LogP contribution in [-0.2, 0) is 0 Å². The Morgan fingerprint density at radius 3 is 2.69 bits per heavy atom. The summed E-state index contributed by atoms with van der Waals surface area (Å²) in [5.41, 5.74) is 0.887. The Labute approximate surface area is 182 Å². The summed E-state index contributed by atoms with van der Waals surface area (Å²) in [5.74, 6) is 0.118. The van der Waals surface area contributed by atoms with E-state index in [4.69, 9.17) is 0 Å². The van der Waals surface area contributed by atoms with Gasteiger partial charge in [0.1, 0.15) is 11.4 Å². The molecule has 1 aliphatic rings. The first-order valence-corrected chi connectivity index (χ1v) is 10.5. The molecule has 3 N–H and O–H groups in total. The molecule has 4 rings (SSSR count). The Morgan fingerprint density at radius 1 is 1.28 bits per heavy atom. The molecule has 7 nitrogen and oxygen atoms in total. The van der Waals surface area contributed by atoms with Crippen molar-refractivity contribution in [3.05, 3.63) is 52.4 Å². The number of rotatable bonds is 6. The van der Waals surface area contributed by atoms with E-state index in [1.807, 2.05) is 0 Å². The number of hydrogen-bond donors (Lipinski definition) is 3. The van der Waals surface area contributed by atoms with Crippen LogP contribution in [0.15, 0.2) is 41.3 Å². The summed E-state index contributed by atoms with van der Waals surface area (Å²) < 4.78 is 41.7. The molecule has 0 spiro atoms. The normalized spacial score (nSPS) is 19.7. The Morgan fingerprint density at radius 2 is 2.03 bits per heavy atom. The molecule has 3 atom stereocenters. The van der Waals surface area contributed by atoms with E-state index in [0.717, 1.165) is 19.3 Å². The third kappa shape index (κ3) is 4.08. The summed E-state index contributed by atoms with van der Waals surface area (Å²) in [7, 11) is 0. The van der Waals surface area contributed by atoms with Gasteiger partial charge in [0.2, 0.25) is 0 Å². The fourth-order valence-electron chi connectivity index (χ4n) is 4.35. The van der Waals surface area contributed by atoms with E-state index in [0.29, 0.717) is 22.4 Å². The number of nitrogens with zero attached hydrogens (tertiary/aromatic N) is 3. The van der Waals surface area contributed by atoms with E-state index in [1.165, 1.54) is 30.5 Å². The van der Waals surface area contributed by atoms with Gasteiger partial charge in [-0.05, 0) is 49.6 Å². The van der Waals surface area contributed by atoms with Gasteiger partial charge in [0.25, 0.3) is 5.56 Å². The summed E-state index contributed by atoms with van der Waals surface area (Å²) in [6, 6.07) is 8.04. The van der Waals surface area contributed by atoms with E-state index < -0.39 is 12.2 Å². The predicted molar refractivity (Wildman–Crippen MR) is 115 cm³/mol. The van der Waals surface area contributed by atoms with Crippen LogP contribution < -0.4 is 16.2 Å². The SMILES string of the molecule is CCNC(c1ccc(Nc2nn(C3CCCC3C#N)c3cc[nH]c(=O)c23)cc1)C(F)(F)F. The highest BCUT2D eigenvalue weighted by Crippen LogP contribution is 2.38.